The quantitative estimate of drug-likeness (QED) is 0.457. The van der Waals surface area contributed by atoms with Crippen LogP contribution in [0.2, 0.25) is 5.02 Å². The molecule has 3 amide bonds. The average Bonchev–Trinajstić information content (AvgIpc) is 2.75. The monoisotopic (exact) mass is 483 g/mol. The zero-order valence-electron chi connectivity index (χ0n) is 16.7. The molecule has 0 saturated heterocycles. The van der Waals surface area contributed by atoms with E-state index in [1.54, 1.807) is 0 Å². The van der Waals surface area contributed by atoms with E-state index in [1.165, 1.54) is 43.6 Å². The van der Waals surface area contributed by atoms with Crippen molar-refractivity contribution < 1.29 is 36.6 Å². The summed E-state index contributed by atoms with van der Waals surface area (Å²) in [6.07, 6.45) is -3.44. The first-order chi connectivity index (χ1) is 15.6. The maximum Gasteiger partial charge on any atom is 0.417 e. The highest BCUT2D eigenvalue weighted by molar-refractivity contribution is 6.31. The van der Waals surface area contributed by atoms with Crippen LogP contribution in [0.3, 0.4) is 0 Å². The highest BCUT2D eigenvalue weighted by Crippen LogP contribution is 2.38. The summed E-state index contributed by atoms with van der Waals surface area (Å²) in [5.74, 6) is -2.59. The molecule has 0 fully saturated rings. The molecule has 3 rings (SSSR count). The Morgan fingerprint density at radius 1 is 1.09 bits per heavy atom. The van der Waals surface area contributed by atoms with Gasteiger partial charge in [-0.15, -0.1) is 0 Å². The van der Waals surface area contributed by atoms with Crippen LogP contribution >= 0.6 is 11.6 Å². The Balaban J connectivity index is 1.78. The largest absolute Gasteiger partial charge is 0.496 e. The fraction of sp³-hybridized carbons (Fsp3) is 0.0952. The summed E-state index contributed by atoms with van der Waals surface area (Å²) >= 11 is 5.59. The van der Waals surface area contributed by atoms with E-state index in [-0.39, 0.29) is 23.1 Å². The molecule has 0 aliphatic carbocycles. The first kappa shape index (κ1) is 23.8. The van der Waals surface area contributed by atoms with Crippen molar-refractivity contribution in [3.8, 4) is 17.4 Å². The SMILES string of the molecule is COc1cccc(F)c1C(=O)NC(=O)Nc1cccnc1Oc1ccc(Cl)c(C(F)(F)F)c1. The minimum absolute atomic E-state index is 0.0770. The molecule has 172 valence electrons. The number of hydrogen-bond donors (Lipinski definition) is 2. The van der Waals surface area contributed by atoms with Crippen LogP contribution < -0.4 is 20.1 Å². The van der Waals surface area contributed by atoms with Crippen LogP contribution in [-0.2, 0) is 6.18 Å². The maximum atomic E-state index is 14.0. The fourth-order valence-electron chi connectivity index (χ4n) is 2.68. The van der Waals surface area contributed by atoms with Gasteiger partial charge in [-0.1, -0.05) is 17.7 Å². The average molecular weight is 484 g/mol. The fourth-order valence-corrected chi connectivity index (χ4v) is 2.90. The van der Waals surface area contributed by atoms with Gasteiger partial charge in [-0.25, -0.2) is 14.2 Å². The summed E-state index contributed by atoms with van der Waals surface area (Å²) in [5, 5.41) is 3.69. The van der Waals surface area contributed by atoms with Crippen LogP contribution in [0, 0.1) is 5.82 Å². The number of carbonyl (C=O) groups is 2. The first-order valence-corrected chi connectivity index (χ1v) is 9.42. The van der Waals surface area contributed by atoms with Gasteiger partial charge in [0.15, 0.2) is 0 Å². The lowest BCUT2D eigenvalue weighted by Gasteiger charge is -2.14. The molecule has 33 heavy (non-hydrogen) atoms. The predicted molar refractivity (Wildman–Crippen MR) is 110 cm³/mol. The molecule has 7 nitrogen and oxygen atoms in total. The van der Waals surface area contributed by atoms with Gasteiger partial charge in [0.25, 0.3) is 5.91 Å². The van der Waals surface area contributed by atoms with Gasteiger partial charge in [0, 0.05) is 6.20 Å². The Hall–Kier alpha value is -3.86. The Kier molecular flexibility index (Phi) is 7.02. The number of nitrogens with one attached hydrogen (secondary N) is 2. The van der Waals surface area contributed by atoms with E-state index >= 15 is 0 Å². The minimum Gasteiger partial charge on any atom is -0.496 e. The number of imide groups is 1. The molecule has 0 atom stereocenters. The Bertz CT molecular complexity index is 1200. The van der Waals surface area contributed by atoms with Crippen LogP contribution in [-0.4, -0.2) is 24.0 Å². The number of amides is 3. The van der Waals surface area contributed by atoms with Crippen LogP contribution in [0.4, 0.5) is 28.0 Å². The number of anilines is 1. The number of ether oxygens (including phenoxy) is 2. The van der Waals surface area contributed by atoms with Gasteiger partial charge < -0.3 is 14.8 Å². The summed E-state index contributed by atoms with van der Waals surface area (Å²) < 4.78 is 63.5. The number of rotatable bonds is 5. The third kappa shape index (κ3) is 5.69. The Morgan fingerprint density at radius 3 is 2.55 bits per heavy atom. The number of pyridine rings is 1. The molecule has 0 aliphatic rings. The topological polar surface area (TPSA) is 89.5 Å². The lowest BCUT2D eigenvalue weighted by Crippen LogP contribution is -2.35. The second-order valence-corrected chi connectivity index (χ2v) is 6.73. The third-order valence-electron chi connectivity index (χ3n) is 4.13. The van der Waals surface area contributed by atoms with Gasteiger partial charge in [-0.2, -0.15) is 13.2 Å². The van der Waals surface area contributed by atoms with Crippen LogP contribution in [0.25, 0.3) is 0 Å². The van der Waals surface area contributed by atoms with Crippen molar-refractivity contribution >= 4 is 29.2 Å². The molecule has 3 aromatic rings. The van der Waals surface area contributed by atoms with Crippen LogP contribution in [0.1, 0.15) is 15.9 Å². The zero-order valence-corrected chi connectivity index (χ0v) is 17.4. The summed E-state index contributed by atoms with van der Waals surface area (Å²) in [4.78, 5) is 28.5. The second-order valence-electron chi connectivity index (χ2n) is 6.32. The van der Waals surface area contributed by atoms with E-state index in [0.29, 0.717) is 6.07 Å². The molecule has 0 bridgehead atoms. The van der Waals surface area contributed by atoms with E-state index < -0.39 is 40.1 Å². The van der Waals surface area contributed by atoms with E-state index in [1.807, 2.05) is 5.32 Å². The second kappa shape index (κ2) is 9.74. The van der Waals surface area contributed by atoms with Crippen molar-refractivity contribution in [1.82, 2.24) is 10.3 Å². The Labute approximate surface area is 189 Å². The van der Waals surface area contributed by atoms with Crippen LogP contribution in [0.15, 0.2) is 54.7 Å². The van der Waals surface area contributed by atoms with Gasteiger partial charge in [0.1, 0.15) is 28.6 Å². The normalized spacial score (nSPS) is 11.0. The smallest absolute Gasteiger partial charge is 0.417 e. The van der Waals surface area contributed by atoms with E-state index in [2.05, 4.69) is 10.3 Å². The first-order valence-electron chi connectivity index (χ1n) is 9.04. The number of benzene rings is 2. The third-order valence-corrected chi connectivity index (χ3v) is 4.46. The van der Waals surface area contributed by atoms with Gasteiger partial charge in [0.05, 0.1) is 17.7 Å². The van der Waals surface area contributed by atoms with Gasteiger partial charge >= 0.3 is 12.2 Å². The highest BCUT2D eigenvalue weighted by Gasteiger charge is 2.33. The summed E-state index contributed by atoms with van der Waals surface area (Å²) in [5.41, 5.74) is -1.68. The molecular weight excluding hydrogens is 470 g/mol. The number of halogens is 5. The highest BCUT2D eigenvalue weighted by atomic mass is 35.5. The molecule has 0 unspecified atom stereocenters. The van der Waals surface area contributed by atoms with E-state index in [0.717, 1.165) is 12.1 Å². The standard InChI is InChI=1S/C21H14ClF4N3O4/c1-32-16-6-2-4-14(23)17(16)18(30)29-20(31)28-15-5-3-9-27-19(15)33-11-7-8-13(22)12(10-11)21(24,25)26/h2-10H,1H3,(H2,28,29,30,31). The predicted octanol–water partition coefficient (Wildman–Crippen LogP) is 5.66. The van der Waals surface area contributed by atoms with E-state index in [9.17, 15) is 27.2 Å². The van der Waals surface area contributed by atoms with Gasteiger partial charge in [-0.05, 0) is 42.5 Å². The molecule has 1 aromatic heterocycles. The van der Waals surface area contributed by atoms with Gasteiger partial charge in [-0.3, -0.25) is 10.1 Å². The number of aromatic nitrogens is 1. The minimum atomic E-state index is -4.71. The molecule has 1 heterocycles. The number of methoxy groups -OCH3 is 1. The van der Waals surface area contributed by atoms with Crippen LogP contribution in [0.5, 0.6) is 17.4 Å². The van der Waals surface area contributed by atoms with Crippen molar-refractivity contribution in [3.63, 3.8) is 0 Å². The Morgan fingerprint density at radius 2 is 1.85 bits per heavy atom. The lowest BCUT2D eigenvalue weighted by molar-refractivity contribution is -0.137. The van der Waals surface area contributed by atoms with Crippen molar-refractivity contribution in [2.45, 2.75) is 6.18 Å². The number of nitrogens with zero attached hydrogens (tertiary/aromatic N) is 1. The number of urea groups is 1. The van der Waals surface area contributed by atoms with Crippen molar-refractivity contribution in [2.75, 3.05) is 12.4 Å². The molecule has 0 aliphatic heterocycles. The maximum absolute atomic E-state index is 14.0. The molecule has 2 aromatic carbocycles. The summed E-state index contributed by atoms with van der Waals surface area (Å²) in [6.45, 7) is 0. The molecule has 12 heteroatoms. The molecule has 2 N–H and O–H groups in total. The molecular formula is C21H14ClF4N3O4. The summed E-state index contributed by atoms with van der Waals surface area (Å²) in [7, 11) is 1.23. The zero-order chi connectivity index (χ0) is 24.2. The number of carbonyl (C=O) groups excluding carboxylic acids is 2. The van der Waals surface area contributed by atoms with E-state index in [4.69, 9.17) is 21.1 Å². The number of alkyl halides is 3. The number of hydrogen-bond acceptors (Lipinski definition) is 5. The van der Waals surface area contributed by atoms with Crippen molar-refractivity contribution in [3.05, 3.63) is 76.7 Å². The van der Waals surface area contributed by atoms with Gasteiger partial charge in [0.2, 0.25) is 5.88 Å². The lowest BCUT2D eigenvalue weighted by atomic mass is 10.1. The summed E-state index contributed by atoms with van der Waals surface area (Å²) in [6, 6.07) is 8.21. The molecule has 0 spiro atoms. The van der Waals surface area contributed by atoms with Crippen molar-refractivity contribution in [1.29, 1.82) is 0 Å². The van der Waals surface area contributed by atoms with Crippen molar-refractivity contribution in [2.24, 2.45) is 0 Å². The molecule has 0 saturated carbocycles. The molecule has 0 radical (unpaired) electrons.